The average molecular weight is 446 g/mol. The van der Waals surface area contributed by atoms with Crippen molar-refractivity contribution in [1.82, 2.24) is 9.38 Å². The van der Waals surface area contributed by atoms with E-state index in [-0.39, 0.29) is 5.69 Å². The van der Waals surface area contributed by atoms with Gasteiger partial charge in [0.15, 0.2) is 17.3 Å². The highest BCUT2D eigenvalue weighted by molar-refractivity contribution is 9.10. The van der Waals surface area contributed by atoms with Crippen molar-refractivity contribution in [3.8, 4) is 11.5 Å². The van der Waals surface area contributed by atoms with Crippen LogP contribution in [0.3, 0.4) is 0 Å². The topological polar surface area (TPSA) is 85.9 Å². The lowest BCUT2D eigenvalue weighted by molar-refractivity contribution is -0.385. The highest BCUT2D eigenvalue weighted by Gasteiger charge is 2.16. The van der Waals surface area contributed by atoms with Gasteiger partial charge < -0.3 is 4.42 Å². The van der Waals surface area contributed by atoms with Gasteiger partial charge in [-0.25, -0.2) is 9.98 Å². The highest BCUT2D eigenvalue weighted by Crippen LogP contribution is 2.32. The van der Waals surface area contributed by atoms with E-state index < -0.39 is 4.92 Å². The summed E-state index contributed by atoms with van der Waals surface area (Å²) in [6.07, 6.45) is 4.79. The molecular formula is C18H10BrClN4O3. The number of nitrogens with zero attached hydrogens (tertiary/aromatic N) is 4. The number of rotatable bonds is 4. The molecule has 9 heteroatoms. The molecule has 0 saturated heterocycles. The number of hydrogen-bond donors (Lipinski definition) is 0. The third kappa shape index (κ3) is 3.36. The Hall–Kier alpha value is -2.97. The molecule has 0 unspecified atom stereocenters. The number of aliphatic imine (C=N–C) groups is 1. The first-order valence-corrected chi connectivity index (χ1v) is 8.89. The van der Waals surface area contributed by atoms with E-state index in [2.05, 4.69) is 25.9 Å². The number of benzene rings is 1. The predicted octanol–water partition coefficient (Wildman–Crippen LogP) is 5.67. The number of nitro benzene ring substituents is 1. The molecule has 4 rings (SSSR count). The number of imidazole rings is 1. The van der Waals surface area contributed by atoms with E-state index in [0.717, 1.165) is 0 Å². The zero-order chi connectivity index (χ0) is 19.0. The smallest absolute Gasteiger partial charge is 0.284 e. The van der Waals surface area contributed by atoms with Crippen LogP contribution in [0, 0.1) is 10.1 Å². The Kier molecular flexibility index (Phi) is 4.51. The van der Waals surface area contributed by atoms with E-state index in [1.165, 1.54) is 12.3 Å². The number of furan rings is 1. The largest absolute Gasteiger partial charge is 0.463 e. The summed E-state index contributed by atoms with van der Waals surface area (Å²) in [5, 5.41) is 11.6. The van der Waals surface area contributed by atoms with Gasteiger partial charge in [-0.05, 0) is 51.8 Å². The van der Waals surface area contributed by atoms with Crippen LogP contribution in [0.1, 0.15) is 5.56 Å². The molecule has 0 fully saturated rings. The van der Waals surface area contributed by atoms with Crippen LogP contribution in [-0.2, 0) is 0 Å². The average Bonchev–Trinajstić information content (AvgIpc) is 3.28. The molecule has 0 aliphatic rings. The summed E-state index contributed by atoms with van der Waals surface area (Å²) >= 11 is 9.28. The molecule has 4 aromatic rings. The molecule has 7 nitrogen and oxygen atoms in total. The lowest BCUT2D eigenvalue weighted by Gasteiger charge is -2.00. The highest BCUT2D eigenvalue weighted by atomic mass is 79.9. The maximum Gasteiger partial charge on any atom is 0.284 e. The molecule has 1 aromatic carbocycles. The van der Waals surface area contributed by atoms with Crippen LogP contribution in [0.2, 0.25) is 5.02 Å². The molecule has 0 amide bonds. The Labute approximate surface area is 166 Å². The molecule has 0 saturated carbocycles. The van der Waals surface area contributed by atoms with E-state index in [1.807, 2.05) is 0 Å². The Bertz CT molecular complexity index is 1190. The van der Waals surface area contributed by atoms with Gasteiger partial charge in [0.2, 0.25) is 0 Å². The summed E-state index contributed by atoms with van der Waals surface area (Å²) in [7, 11) is 0. The van der Waals surface area contributed by atoms with Gasteiger partial charge in [-0.15, -0.1) is 0 Å². The normalized spacial score (nSPS) is 11.5. The van der Waals surface area contributed by atoms with Gasteiger partial charge in [0.1, 0.15) is 5.65 Å². The van der Waals surface area contributed by atoms with Gasteiger partial charge >= 0.3 is 0 Å². The number of fused-ring (bicyclic) bond motifs is 1. The molecule has 0 N–H and O–H groups in total. The third-order valence-electron chi connectivity index (χ3n) is 3.81. The summed E-state index contributed by atoms with van der Waals surface area (Å²) in [4.78, 5) is 19.7. The molecule has 0 aliphatic heterocycles. The first-order chi connectivity index (χ1) is 13.0. The summed E-state index contributed by atoms with van der Waals surface area (Å²) in [6.45, 7) is 0. The lowest BCUT2D eigenvalue weighted by Crippen LogP contribution is -1.92. The van der Waals surface area contributed by atoms with Gasteiger partial charge in [-0.1, -0.05) is 17.7 Å². The maximum absolute atomic E-state index is 11.1. The number of halogens is 2. The van der Waals surface area contributed by atoms with Crippen LogP contribution in [-0.4, -0.2) is 20.5 Å². The number of pyridine rings is 1. The van der Waals surface area contributed by atoms with E-state index in [0.29, 0.717) is 38.0 Å². The molecular weight excluding hydrogens is 436 g/mol. The van der Waals surface area contributed by atoms with Crippen molar-refractivity contribution in [2.24, 2.45) is 4.99 Å². The van der Waals surface area contributed by atoms with Crippen LogP contribution in [0.4, 0.5) is 11.5 Å². The minimum Gasteiger partial charge on any atom is -0.463 e. The van der Waals surface area contributed by atoms with Crippen LogP contribution in [0.25, 0.3) is 17.1 Å². The molecule has 27 heavy (non-hydrogen) atoms. The van der Waals surface area contributed by atoms with Gasteiger partial charge in [-0.2, -0.15) is 0 Å². The standard InChI is InChI=1S/C18H10BrClN4O3/c19-13-5-3-11(8-14(13)24(25)26)9-21-18-17(15-2-1-7-27-15)22-16-6-4-12(20)10-23(16)18/h1-10H. The molecule has 3 aromatic heterocycles. The quantitative estimate of drug-likeness (QED) is 0.230. The molecule has 0 atom stereocenters. The Balaban J connectivity index is 1.85. The van der Waals surface area contributed by atoms with Crippen molar-refractivity contribution in [2.75, 3.05) is 0 Å². The fourth-order valence-electron chi connectivity index (χ4n) is 2.59. The van der Waals surface area contributed by atoms with Gasteiger partial charge in [-0.3, -0.25) is 14.5 Å². The molecule has 0 bridgehead atoms. The molecule has 0 aliphatic carbocycles. The maximum atomic E-state index is 11.1. The Morgan fingerprint density at radius 1 is 1.30 bits per heavy atom. The zero-order valence-corrected chi connectivity index (χ0v) is 15.9. The number of aromatic nitrogens is 2. The number of hydrogen-bond acceptors (Lipinski definition) is 5. The second-order valence-electron chi connectivity index (χ2n) is 5.56. The SMILES string of the molecule is O=[N+]([O-])c1cc(C=Nc2c(-c3ccco3)nc3ccc(Cl)cn23)ccc1Br. The summed E-state index contributed by atoms with van der Waals surface area (Å²) in [6, 6.07) is 11.8. The molecule has 0 radical (unpaired) electrons. The van der Waals surface area contributed by atoms with Crippen LogP contribution >= 0.6 is 27.5 Å². The minimum atomic E-state index is -0.455. The van der Waals surface area contributed by atoms with Crippen molar-refractivity contribution in [3.05, 3.63) is 80.1 Å². The molecule has 0 spiro atoms. The fraction of sp³-hybridized carbons (Fsp3) is 0. The molecule has 3 heterocycles. The summed E-state index contributed by atoms with van der Waals surface area (Å²) in [5.74, 6) is 1.07. The minimum absolute atomic E-state index is 0.0357. The monoisotopic (exact) mass is 444 g/mol. The Morgan fingerprint density at radius 3 is 2.89 bits per heavy atom. The van der Waals surface area contributed by atoms with Gasteiger partial charge in [0.05, 0.1) is 20.7 Å². The van der Waals surface area contributed by atoms with Crippen LogP contribution < -0.4 is 0 Å². The third-order valence-corrected chi connectivity index (χ3v) is 4.71. The van der Waals surface area contributed by atoms with Crippen molar-refractivity contribution < 1.29 is 9.34 Å². The van der Waals surface area contributed by atoms with Crippen molar-refractivity contribution in [1.29, 1.82) is 0 Å². The molecule has 134 valence electrons. The summed E-state index contributed by atoms with van der Waals surface area (Å²) < 4.78 is 7.61. The first-order valence-electron chi connectivity index (χ1n) is 7.72. The van der Waals surface area contributed by atoms with Gasteiger partial charge in [0, 0.05) is 18.5 Å². The van der Waals surface area contributed by atoms with Crippen LogP contribution in [0.15, 0.2) is 68.8 Å². The fourth-order valence-corrected chi connectivity index (χ4v) is 3.15. The Morgan fingerprint density at radius 2 is 2.15 bits per heavy atom. The van der Waals surface area contributed by atoms with E-state index >= 15 is 0 Å². The predicted molar refractivity (Wildman–Crippen MR) is 106 cm³/mol. The summed E-state index contributed by atoms with van der Waals surface area (Å²) in [5.41, 5.74) is 1.74. The van der Waals surface area contributed by atoms with E-state index in [4.69, 9.17) is 16.0 Å². The number of nitro groups is 1. The van der Waals surface area contributed by atoms with Gasteiger partial charge in [0.25, 0.3) is 5.69 Å². The van der Waals surface area contributed by atoms with E-state index in [9.17, 15) is 10.1 Å². The van der Waals surface area contributed by atoms with Crippen molar-refractivity contribution in [3.63, 3.8) is 0 Å². The lowest BCUT2D eigenvalue weighted by atomic mass is 10.2. The second-order valence-corrected chi connectivity index (χ2v) is 6.85. The van der Waals surface area contributed by atoms with Crippen molar-refractivity contribution >= 4 is 50.9 Å². The van der Waals surface area contributed by atoms with Crippen LogP contribution in [0.5, 0.6) is 0 Å². The zero-order valence-electron chi connectivity index (χ0n) is 13.5. The van der Waals surface area contributed by atoms with Crippen molar-refractivity contribution in [2.45, 2.75) is 0 Å². The first kappa shape index (κ1) is 17.4. The van der Waals surface area contributed by atoms with E-state index in [1.54, 1.807) is 53.3 Å². The second kappa shape index (κ2) is 6.98.